The molecule has 0 aliphatic carbocycles. The highest BCUT2D eigenvalue weighted by atomic mass is 32.1. The number of hydrogen-bond donors (Lipinski definition) is 1. The number of aromatic nitrogens is 4. The zero-order valence-corrected chi connectivity index (χ0v) is 15.8. The van der Waals surface area contributed by atoms with Crippen LogP contribution in [0.2, 0.25) is 0 Å². The van der Waals surface area contributed by atoms with Gasteiger partial charge in [-0.3, -0.25) is 13.9 Å². The normalized spacial score (nSPS) is 12.4. The quantitative estimate of drug-likeness (QED) is 0.557. The molecular formula is C19H19N5O2S. The number of hydrogen-bond acceptors (Lipinski definition) is 5. The molecule has 3 heterocycles. The van der Waals surface area contributed by atoms with E-state index in [4.69, 9.17) is 4.74 Å². The summed E-state index contributed by atoms with van der Waals surface area (Å²) in [5, 5.41) is 9.03. The molecule has 27 heavy (non-hydrogen) atoms. The number of carbonyl (C=O) groups is 1. The summed E-state index contributed by atoms with van der Waals surface area (Å²) in [6.45, 7) is 0.359. The number of nitrogens with zero attached hydrogens (tertiary/aromatic N) is 4. The van der Waals surface area contributed by atoms with Crippen molar-refractivity contribution >= 4 is 22.2 Å². The van der Waals surface area contributed by atoms with Crippen LogP contribution in [0, 0.1) is 0 Å². The van der Waals surface area contributed by atoms with Gasteiger partial charge in [-0.05, 0) is 6.07 Å². The molecule has 0 fully saturated rings. The molecule has 4 aromatic rings. The lowest BCUT2D eigenvalue weighted by Gasteiger charge is -2.18. The van der Waals surface area contributed by atoms with Gasteiger partial charge in [0, 0.05) is 37.5 Å². The van der Waals surface area contributed by atoms with Crippen LogP contribution in [-0.2, 0) is 11.8 Å². The number of fused-ring (bicyclic) bond motifs is 1. The van der Waals surface area contributed by atoms with E-state index in [9.17, 15) is 4.79 Å². The van der Waals surface area contributed by atoms with Crippen LogP contribution in [0.1, 0.15) is 22.2 Å². The van der Waals surface area contributed by atoms with Crippen molar-refractivity contribution in [2.75, 3.05) is 13.7 Å². The van der Waals surface area contributed by atoms with Crippen molar-refractivity contribution in [3.63, 3.8) is 0 Å². The number of benzene rings is 1. The standard InChI is InChI=1S/C19H19N5O2S/c1-23-16(8-9-20-23)15(11-26-2)21-18(25)17-12-27-19-22-14(10-24(17)19)13-6-4-3-5-7-13/h3-10,12,15H,11H2,1-2H3,(H,21,25). The summed E-state index contributed by atoms with van der Waals surface area (Å²) in [6, 6.07) is 11.5. The van der Waals surface area contributed by atoms with Crippen molar-refractivity contribution in [3.05, 3.63) is 65.6 Å². The average molecular weight is 381 g/mol. The van der Waals surface area contributed by atoms with Gasteiger partial charge in [-0.25, -0.2) is 4.98 Å². The Morgan fingerprint density at radius 1 is 1.30 bits per heavy atom. The van der Waals surface area contributed by atoms with Crippen LogP contribution < -0.4 is 5.32 Å². The Bertz CT molecular complexity index is 1070. The molecule has 1 aromatic carbocycles. The van der Waals surface area contributed by atoms with Crippen molar-refractivity contribution in [1.29, 1.82) is 0 Å². The van der Waals surface area contributed by atoms with Gasteiger partial charge in [-0.2, -0.15) is 5.10 Å². The van der Waals surface area contributed by atoms with Gasteiger partial charge in [-0.1, -0.05) is 30.3 Å². The van der Waals surface area contributed by atoms with Crippen molar-refractivity contribution in [2.24, 2.45) is 7.05 Å². The van der Waals surface area contributed by atoms with Gasteiger partial charge >= 0.3 is 0 Å². The van der Waals surface area contributed by atoms with E-state index in [1.807, 2.05) is 59.4 Å². The monoisotopic (exact) mass is 381 g/mol. The molecular weight excluding hydrogens is 362 g/mol. The van der Waals surface area contributed by atoms with E-state index in [-0.39, 0.29) is 11.9 Å². The van der Waals surface area contributed by atoms with Crippen LogP contribution in [0.4, 0.5) is 0 Å². The Kier molecular flexibility index (Phi) is 4.74. The first-order chi connectivity index (χ1) is 13.2. The summed E-state index contributed by atoms with van der Waals surface area (Å²) in [7, 11) is 3.45. The molecule has 7 nitrogen and oxygen atoms in total. The predicted octanol–water partition coefficient (Wildman–Crippen LogP) is 2.91. The smallest absolute Gasteiger partial charge is 0.269 e. The molecule has 0 aliphatic heterocycles. The number of imidazole rings is 1. The third kappa shape index (κ3) is 3.36. The number of amides is 1. The number of rotatable bonds is 6. The molecule has 0 aliphatic rings. The van der Waals surface area contributed by atoms with E-state index in [1.54, 1.807) is 18.0 Å². The minimum atomic E-state index is -0.290. The average Bonchev–Trinajstić information content (AvgIpc) is 3.37. The lowest BCUT2D eigenvalue weighted by Crippen LogP contribution is -2.33. The molecule has 0 spiro atoms. The highest BCUT2D eigenvalue weighted by Crippen LogP contribution is 2.24. The first-order valence-electron chi connectivity index (χ1n) is 8.47. The Labute approximate surface area is 160 Å². The summed E-state index contributed by atoms with van der Waals surface area (Å²) < 4.78 is 8.84. The second kappa shape index (κ2) is 7.34. The molecule has 4 rings (SSSR count). The zero-order chi connectivity index (χ0) is 18.8. The topological polar surface area (TPSA) is 73.4 Å². The number of aryl methyl sites for hydroxylation is 1. The van der Waals surface area contributed by atoms with E-state index in [2.05, 4.69) is 15.4 Å². The van der Waals surface area contributed by atoms with Gasteiger partial charge in [0.25, 0.3) is 5.91 Å². The van der Waals surface area contributed by atoms with Crippen molar-refractivity contribution in [3.8, 4) is 11.3 Å². The molecule has 1 amide bonds. The molecule has 1 atom stereocenters. The third-order valence-corrected chi connectivity index (χ3v) is 5.21. The lowest BCUT2D eigenvalue weighted by atomic mass is 10.2. The lowest BCUT2D eigenvalue weighted by molar-refractivity contribution is 0.0886. The van der Waals surface area contributed by atoms with Gasteiger partial charge in [0.1, 0.15) is 5.69 Å². The van der Waals surface area contributed by atoms with Crippen LogP contribution >= 0.6 is 11.3 Å². The fourth-order valence-corrected chi connectivity index (χ4v) is 3.87. The number of carbonyl (C=O) groups excluding carboxylic acids is 1. The fraction of sp³-hybridized carbons (Fsp3) is 0.211. The van der Waals surface area contributed by atoms with Crippen molar-refractivity contribution < 1.29 is 9.53 Å². The van der Waals surface area contributed by atoms with Gasteiger partial charge in [-0.15, -0.1) is 11.3 Å². The van der Waals surface area contributed by atoms with Gasteiger partial charge in [0.05, 0.1) is 24.0 Å². The predicted molar refractivity (Wildman–Crippen MR) is 104 cm³/mol. The second-order valence-corrected chi connectivity index (χ2v) is 6.96. The Hall–Kier alpha value is -2.97. The molecule has 1 N–H and O–H groups in total. The van der Waals surface area contributed by atoms with E-state index < -0.39 is 0 Å². The Morgan fingerprint density at radius 2 is 2.11 bits per heavy atom. The number of ether oxygens (including phenoxy) is 1. The van der Waals surface area contributed by atoms with Crippen molar-refractivity contribution in [1.82, 2.24) is 24.5 Å². The van der Waals surface area contributed by atoms with E-state index in [0.717, 1.165) is 21.9 Å². The Morgan fingerprint density at radius 3 is 2.81 bits per heavy atom. The molecule has 0 radical (unpaired) electrons. The van der Waals surface area contributed by atoms with Gasteiger partial charge in [0.15, 0.2) is 4.96 Å². The van der Waals surface area contributed by atoms with Crippen LogP contribution in [0.3, 0.4) is 0 Å². The number of thiazole rings is 1. The van der Waals surface area contributed by atoms with Crippen LogP contribution in [-0.4, -0.2) is 38.8 Å². The highest BCUT2D eigenvalue weighted by molar-refractivity contribution is 7.15. The molecule has 0 saturated heterocycles. The van der Waals surface area contributed by atoms with Crippen LogP contribution in [0.15, 0.2) is 54.2 Å². The SMILES string of the molecule is COCC(NC(=O)c1csc2nc(-c3ccccc3)cn12)c1ccnn1C. The maximum absolute atomic E-state index is 12.9. The summed E-state index contributed by atoms with van der Waals surface area (Å²) in [4.78, 5) is 18.3. The highest BCUT2D eigenvalue weighted by Gasteiger charge is 2.21. The van der Waals surface area contributed by atoms with E-state index >= 15 is 0 Å². The molecule has 0 saturated carbocycles. The molecule has 0 bridgehead atoms. The Balaban J connectivity index is 1.62. The largest absolute Gasteiger partial charge is 0.382 e. The number of methoxy groups -OCH3 is 1. The first kappa shape index (κ1) is 17.4. The first-order valence-corrected chi connectivity index (χ1v) is 9.35. The van der Waals surface area contributed by atoms with Crippen molar-refractivity contribution in [2.45, 2.75) is 6.04 Å². The molecule has 8 heteroatoms. The minimum absolute atomic E-state index is 0.179. The summed E-state index contributed by atoms with van der Waals surface area (Å²) >= 11 is 1.44. The van der Waals surface area contributed by atoms with Crippen LogP contribution in [0.5, 0.6) is 0 Å². The second-order valence-electron chi connectivity index (χ2n) is 6.13. The van der Waals surface area contributed by atoms with Crippen LogP contribution in [0.25, 0.3) is 16.2 Å². The third-order valence-electron chi connectivity index (χ3n) is 4.37. The van der Waals surface area contributed by atoms with E-state index in [1.165, 1.54) is 11.3 Å². The molecule has 138 valence electrons. The number of nitrogens with one attached hydrogen (secondary N) is 1. The summed E-state index contributed by atoms with van der Waals surface area (Å²) in [6.07, 6.45) is 3.60. The van der Waals surface area contributed by atoms with Gasteiger partial charge < -0.3 is 10.1 Å². The maximum Gasteiger partial charge on any atom is 0.269 e. The summed E-state index contributed by atoms with van der Waals surface area (Å²) in [5.74, 6) is -0.179. The minimum Gasteiger partial charge on any atom is -0.382 e. The maximum atomic E-state index is 12.9. The molecule has 3 aromatic heterocycles. The summed E-state index contributed by atoms with van der Waals surface area (Å²) in [5.41, 5.74) is 3.30. The fourth-order valence-electron chi connectivity index (χ4n) is 3.02. The zero-order valence-electron chi connectivity index (χ0n) is 15.0. The van der Waals surface area contributed by atoms with Gasteiger partial charge in [0.2, 0.25) is 0 Å². The van der Waals surface area contributed by atoms with E-state index in [0.29, 0.717) is 12.3 Å². The molecule has 1 unspecified atom stereocenters.